The van der Waals surface area contributed by atoms with Crippen LogP contribution in [0.15, 0.2) is 103 Å². The maximum absolute atomic E-state index is 13.2. The van der Waals surface area contributed by atoms with Gasteiger partial charge in [0.15, 0.2) is 5.65 Å². The lowest BCUT2D eigenvalue weighted by Crippen LogP contribution is -2.23. The number of rotatable bonds is 5. The minimum atomic E-state index is -0.309. The number of halogens is 1. The molecule has 0 unspecified atom stereocenters. The fourth-order valence-corrected chi connectivity index (χ4v) is 4.20. The second-order valence-corrected chi connectivity index (χ2v) is 8.42. The smallest absolute Gasteiger partial charge is 0.306 e. The SMILES string of the molecule is O=c1n(Cc2ccc(-n3ccnc3)cc2)nc2c(-c3ccncc3)c(-c3ccc(Cl)cc3)cnn12. The van der Waals surface area contributed by atoms with Crippen molar-refractivity contribution in [2.24, 2.45) is 0 Å². The number of nitrogens with zero attached hydrogens (tertiary/aromatic N) is 7. The highest BCUT2D eigenvalue weighted by atomic mass is 35.5. The van der Waals surface area contributed by atoms with Gasteiger partial charge >= 0.3 is 5.69 Å². The van der Waals surface area contributed by atoms with Crippen LogP contribution in [0.25, 0.3) is 33.6 Å². The first-order valence-corrected chi connectivity index (χ1v) is 11.3. The summed E-state index contributed by atoms with van der Waals surface area (Å²) in [5.74, 6) is 0. The monoisotopic (exact) mass is 479 g/mol. The molecule has 0 aliphatic heterocycles. The molecule has 2 aromatic carbocycles. The molecular formula is C26H18ClN7O. The number of hydrogen-bond acceptors (Lipinski definition) is 5. The summed E-state index contributed by atoms with van der Waals surface area (Å²) in [5, 5.41) is 9.79. The third kappa shape index (κ3) is 3.89. The minimum absolute atomic E-state index is 0.309. The highest BCUT2D eigenvalue weighted by molar-refractivity contribution is 6.30. The number of benzene rings is 2. The van der Waals surface area contributed by atoms with E-state index in [2.05, 4.69) is 15.1 Å². The van der Waals surface area contributed by atoms with E-state index in [-0.39, 0.29) is 5.69 Å². The van der Waals surface area contributed by atoms with Crippen molar-refractivity contribution < 1.29 is 0 Å². The average molecular weight is 480 g/mol. The van der Waals surface area contributed by atoms with Crippen LogP contribution in [0, 0.1) is 0 Å². The molecule has 0 amide bonds. The fourth-order valence-electron chi connectivity index (χ4n) is 4.07. The van der Waals surface area contributed by atoms with Crippen molar-refractivity contribution >= 4 is 17.2 Å². The van der Waals surface area contributed by atoms with Gasteiger partial charge in [-0.3, -0.25) is 4.98 Å². The van der Waals surface area contributed by atoms with Gasteiger partial charge < -0.3 is 4.57 Å². The first-order valence-electron chi connectivity index (χ1n) is 10.9. The van der Waals surface area contributed by atoms with Crippen molar-refractivity contribution in [1.82, 2.24) is 33.9 Å². The Balaban J connectivity index is 1.46. The molecule has 170 valence electrons. The zero-order chi connectivity index (χ0) is 23.8. The van der Waals surface area contributed by atoms with Crippen LogP contribution in [-0.2, 0) is 6.54 Å². The van der Waals surface area contributed by atoms with E-state index in [1.54, 1.807) is 31.1 Å². The van der Waals surface area contributed by atoms with Crippen LogP contribution < -0.4 is 5.69 Å². The van der Waals surface area contributed by atoms with E-state index in [0.29, 0.717) is 17.2 Å². The molecule has 0 atom stereocenters. The van der Waals surface area contributed by atoms with E-state index < -0.39 is 0 Å². The molecule has 4 heterocycles. The highest BCUT2D eigenvalue weighted by Crippen LogP contribution is 2.34. The largest absolute Gasteiger partial charge is 0.367 e. The first-order chi connectivity index (χ1) is 17.2. The maximum atomic E-state index is 13.2. The van der Waals surface area contributed by atoms with E-state index in [4.69, 9.17) is 16.7 Å². The summed E-state index contributed by atoms with van der Waals surface area (Å²) in [6, 6.07) is 19.2. The van der Waals surface area contributed by atoms with Crippen LogP contribution >= 0.6 is 11.6 Å². The van der Waals surface area contributed by atoms with Gasteiger partial charge in [-0.2, -0.15) is 9.61 Å². The van der Waals surface area contributed by atoms with Crippen LogP contribution in [0.2, 0.25) is 5.02 Å². The predicted molar refractivity (Wildman–Crippen MR) is 134 cm³/mol. The van der Waals surface area contributed by atoms with E-state index >= 15 is 0 Å². The van der Waals surface area contributed by atoms with E-state index in [9.17, 15) is 4.79 Å². The summed E-state index contributed by atoms with van der Waals surface area (Å²) in [7, 11) is 0. The van der Waals surface area contributed by atoms with Gasteiger partial charge in [0.05, 0.1) is 19.1 Å². The van der Waals surface area contributed by atoms with Crippen molar-refractivity contribution in [2.45, 2.75) is 6.54 Å². The summed E-state index contributed by atoms with van der Waals surface area (Å²) in [4.78, 5) is 21.4. The van der Waals surface area contributed by atoms with Crippen LogP contribution in [0.4, 0.5) is 0 Å². The first kappa shape index (κ1) is 21.0. The molecule has 0 aliphatic carbocycles. The molecule has 0 saturated carbocycles. The molecule has 35 heavy (non-hydrogen) atoms. The molecule has 6 aromatic rings. The lowest BCUT2D eigenvalue weighted by molar-refractivity contribution is 0.650. The third-order valence-corrected chi connectivity index (χ3v) is 6.06. The van der Waals surface area contributed by atoms with E-state index in [0.717, 1.165) is 33.5 Å². The zero-order valence-corrected chi connectivity index (χ0v) is 19.1. The van der Waals surface area contributed by atoms with E-state index in [1.165, 1.54) is 9.20 Å². The molecule has 0 radical (unpaired) electrons. The molecule has 8 nitrogen and oxygen atoms in total. The molecule has 0 bridgehead atoms. The Morgan fingerprint density at radius 2 is 1.60 bits per heavy atom. The Labute approximate surface area is 204 Å². The van der Waals surface area contributed by atoms with Gasteiger partial charge in [-0.15, -0.1) is 5.10 Å². The maximum Gasteiger partial charge on any atom is 0.367 e. The summed E-state index contributed by atoms with van der Waals surface area (Å²) in [6.45, 7) is 0.318. The molecule has 0 N–H and O–H groups in total. The summed E-state index contributed by atoms with van der Waals surface area (Å²) in [5.41, 5.74) is 5.57. The highest BCUT2D eigenvalue weighted by Gasteiger charge is 2.19. The zero-order valence-electron chi connectivity index (χ0n) is 18.4. The molecule has 0 saturated heterocycles. The average Bonchev–Trinajstić information content (AvgIpc) is 3.54. The molecule has 6 rings (SSSR count). The Kier molecular flexibility index (Phi) is 5.20. The van der Waals surface area contributed by atoms with Crippen LogP contribution in [-0.4, -0.2) is 33.9 Å². The van der Waals surface area contributed by atoms with Crippen LogP contribution in [0.3, 0.4) is 0 Å². The summed E-state index contributed by atoms with van der Waals surface area (Å²) >= 11 is 6.10. The van der Waals surface area contributed by atoms with Gasteiger partial charge in [0.1, 0.15) is 0 Å². The molecule has 4 aromatic heterocycles. The second kappa shape index (κ2) is 8.66. The van der Waals surface area contributed by atoms with Crippen molar-refractivity contribution in [3.63, 3.8) is 0 Å². The second-order valence-electron chi connectivity index (χ2n) is 7.99. The Morgan fingerprint density at radius 1 is 0.829 bits per heavy atom. The van der Waals surface area contributed by atoms with E-state index in [1.807, 2.05) is 71.4 Å². The topological polar surface area (TPSA) is 82.9 Å². The van der Waals surface area contributed by atoms with Gasteiger partial charge in [-0.25, -0.2) is 14.5 Å². The van der Waals surface area contributed by atoms with Gasteiger partial charge in [-0.1, -0.05) is 35.9 Å². The molecule has 9 heteroatoms. The van der Waals surface area contributed by atoms with Crippen molar-refractivity contribution in [2.75, 3.05) is 0 Å². The van der Waals surface area contributed by atoms with Gasteiger partial charge in [0.2, 0.25) is 0 Å². The number of imidazole rings is 1. The lowest BCUT2D eigenvalue weighted by Gasteiger charge is -2.10. The van der Waals surface area contributed by atoms with Crippen molar-refractivity contribution in [3.8, 4) is 27.9 Å². The van der Waals surface area contributed by atoms with Crippen molar-refractivity contribution in [1.29, 1.82) is 0 Å². The van der Waals surface area contributed by atoms with Gasteiger partial charge in [0, 0.05) is 46.6 Å². The number of aromatic nitrogens is 7. The quantitative estimate of drug-likeness (QED) is 0.363. The summed E-state index contributed by atoms with van der Waals surface area (Å²) in [6.07, 6.45) is 10.5. The Hall–Kier alpha value is -4.56. The minimum Gasteiger partial charge on any atom is -0.306 e. The summed E-state index contributed by atoms with van der Waals surface area (Å²) < 4.78 is 4.70. The third-order valence-electron chi connectivity index (χ3n) is 5.81. The number of hydrogen-bond donors (Lipinski definition) is 0. The van der Waals surface area contributed by atoms with Crippen LogP contribution in [0.1, 0.15) is 5.56 Å². The number of pyridine rings is 1. The Bertz CT molecular complexity index is 1670. The Morgan fingerprint density at radius 3 is 2.31 bits per heavy atom. The molecule has 0 spiro atoms. The van der Waals surface area contributed by atoms with Gasteiger partial charge in [0.25, 0.3) is 0 Å². The molecule has 0 fully saturated rings. The number of fused-ring (bicyclic) bond motifs is 1. The molecule has 0 aliphatic rings. The van der Waals surface area contributed by atoms with Gasteiger partial charge in [-0.05, 0) is 53.1 Å². The fraction of sp³-hybridized carbons (Fsp3) is 0.0385. The standard InChI is InChI=1S/C26H18ClN7O/c27-21-5-3-19(4-6-21)23-15-30-34-25(24(23)20-9-11-28-12-10-20)31-33(26(34)35)16-18-1-7-22(8-2-18)32-14-13-29-17-32/h1-15,17H,16H2. The molecular weight excluding hydrogens is 462 g/mol. The van der Waals surface area contributed by atoms with Crippen LogP contribution in [0.5, 0.6) is 0 Å². The normalized spacial score (nSPS) is 11.2. The lowest BCUT2D eigenvalue weighted by atomic mass is 9.98. The van der Waals surface area contributed by atoms with Crippen molar-refractivity contribution in [3.05, 3.63) is 119 Å². The predicted octanol–water partition coefficient (Wildman–Crippen LogP) is 4.51.